The van der Waals surface area contributed by atoms with Gasteiger partial charge in [0.2, 0.25) is 0 Å². The Morgan fingerprint density at radius 1 is 1.10 bits per heavy atom. The summed E-state index contributed by atoms with van der Waals surface area (Å²) in [6, 6.07) is 8.96. The first kappa shape index (κ1) is 20.4. The summed E-state index contributed by atoms with van der Waals surface area (Å²) in [4.78, 5) is 28.7. The van der Waals surface area contributed by atoms with E-state index in [2.05, 4.69) is 40.8 Å². The van der Waals surface area contributed by atoms with Crippen molar-refractivity contribution in [2.45, 2.75) is 13.1 Å². The standard InChI is InChI=1S/C20H18ClN9O/c1-30-18(28-29-19(30)16-5-6-22-12-27-16)11-23-15-4-2-3-13(7-15)20(31)26-10-17-24-8-14(21)9-25-17/h2-9,12,23H,10-11H2,1H3,(H,26,31). The Bertz CT molecular complexity index is 1180. The third kappa shape index (κ3) is 4.98. The summed E-state index contributed by atoms with van der Waals surface area (Å²) in [5.74, 6) is 1.63. The van der Waals surface area contributed by atoms with Crippen molar-refractivity contribution in [2.24, 2.45) is 7.05 Å². The molecule has 4 rings (SSSR count). The van der Waals surface area contributed by atoms with E-state index in [1.54, 1.807) is 30.5 Å². The van der Waals surface area contributed by atoms with Crippen LogP contribution in [0.4, 0.5) is 5.69 Å². The van der Waals surface area contributed by atoms with Crippen LogP contribution in [0.15, 0.2) is 55.2 Å². The predicted octanol–water partition coefficient (Wildman–Crippen LogP) is 2.26. The van der Waals surface area contributed by atoms with Gasteiger partial charge in [0.25, 0.3) is 5.91 Å². The van der Waals surface area contributed by atoms with Crippen LogP contribution in [0.5, 0.6) is 0 Å². The molecule has 0 spiro atoms. The van der Waals surface area contributed by atoms with Crippen molar-refractivity contribution in [2.75, 3.05) is 5.32 Å². The van der Waals surface area contributed by atoms with Crippen LogP contribution in [0.3, 0.4) is 0 Å². The van der Waals surface area contributed by atoms with Crippen LogP contribution in [0.2, 0.25) is 5.02 Å². The molecule has 0 aliphatic carbocycles. The average molecular weight is 436 g/mol. The molecule has 1 amide bonds. The maximum absolute atomic E-state index is 12.5. The van der Waals surface area contributed by atoms with Gasteiger partial charge < -0.3 is 15.2 Å². The van der Waals surface area contributed by atoms with E-state index in [0.29, 0.717) is 34.5 Å². The summed E-state index contributed by atoms with van der Waals surface area (Å²) in [7, 11) is 1.87. The number of amides is 1. The van der Waals surface area contributed by atoms with Crippen molar-refractivity contribution in [3.63, 3.8) is 0 Å². The van der Waals surface area contributed by atoms with Crippen LogP contribution in [-0.4, -0.2) is 40.6 Å². The molecule has 2 N–H and O–H groups in total. The van der Waals surface area contributed by atoms with Crippen LogP contribution in [-0.2, 0) is 20.1 Å². The molecule has 0 atom stereocenters. The van der Waals surface area contributed by atoms with Gasteiger partial charge in [-0.15, -0.1) is 10.2 Å². The monoisotopic (exact) mass is 435 g/mol. The normalized spacial score (nSPS) is 10.6. The number of benzene rings is 1. The van der Waals surface area contributed by atoms with E-state index >= 15 is 0 Å². The Balaban J connectivity index is 1.38. The van der Waals surface area contributed by atoms with Crippen LogP contribution in [0, 0.1) is 0 Å². The molecular weight excluding hydrogens is 418 g/mol. The lowest BCUT2D eigenvalue weighted by Crippen LogP contribution is -2.24. The van der Waals surface area contributed by atoms with Crippen molar-refractivity contribution in [3.05, 3.63) is 77.5 Å². The molecule has 0 bridgehead atoms. The van der Waals surface area contributed by atoms with Crippen molar-refractivity contribution in [1.29, 1.82) is 0 Å². The summed E-state index contributed by atoms with van der Waals surface area (Å²) in [5.41, 5.74) is 1.99. The molecule has 1 aromatic carbocycles. The van der Waals surface area contributed by atoms with E-state index in [9.17, 15) is 4.79 Å². The summed E-state index contributed by atoms with van der Waals surface area (Å²) >= 11 is 5.77. The first-order valence-electron chi connectivity index (χ1n) is 9.33. The summed E-state index contributed by atoms with van der Waals surface area (Å²) < 4.78 is 1.86. The number of aromatic nitrogens is 7. The molecule has 31 heavy (non-hydrogen) atoms. The fourth-order valence-corrected chi connectivity index (χ4v) is 2.90. The van der Waals surface area contributed by atoms with E-state index in [0.717, 1.165) is 11.5 Å². The van der Waals surface area contributed by atoms with E-state index in [-0.39, 0.29) is 12.5 Å². The third-order valence-electron chi connectivity index (χ3n) is 4.43. The van der Waals surface area contributed by atoms with Crippen LogP contribution in [0.1, 0.15) is 22.0 Å². The average Bonchev–Trinajstić information content (AvgIpc) is 3.18. The van der Waals surface area contributed by atoms with Gasteiger partial charge in [0.05, 0.1) is 18.1 Å². The molecule has 3 heterocycles. The van der Waals surface area contributed by atoms with Crippen LogP contribution in [0.25, 0.3) is 11.5 Å². The van der Waals surface area contributed by atoms with Crippen molar-refractivity contribution < 1.29 is 4.79 Å². The minimum atomic E-state index is -0.230. The minimum Gasteiger partial charge on any atom is -0.378 e. The van der Waals surface area contributed by atoms with Gasteiger partial charge in [-0.05, 0) is 24.3 Å². The zero-order valence-electron chi connectivity index (χ0n) is 16.5. The molecule has 0 aliphatic rings. The molecule has 3 aromatic heterocycles. The second-order valence-corrected chi connectivity index (χ2v) is 6.96. The Morgan fingerprint density at radius 3 is 2.71 bits per heavy atom. The van der Waals surface area contributed by atoms with Crippen LogP contribution >= 0.6 is 11.6 Å². The number of anilines is 1. The number of hydrogen-bond donors (Lipinski definition) is 2. The molecule has 0 radical (unpaired) electrons. The molecule has 11 heteroatoms. The second kappa shape index (κ2) is 9.26. The topological polar surface area (TPSA) is 123 Å². The van der Waals surface area contributed by atoms with Gasteiger partial charge in [0.15, 0.2) is 11.6 Å². The lowest BCUT2D eigenvalue weighted by atomic mass is 10.2. The van der Waals surface area contributed by atoms with Crippen LogP contribution < -0.4 is 10.6 Å². The van der Waals surface area contributed by atoms with E-state index in [1.807, 2.05) is 17.7 Å². The molecular formula is C20H18ClN9O. The number of halogens is 1. The first-order valence-corrected chi connectivity index (χ1v) is 9.71. The lowest BCUT2D eigenvalue weighted by molar-refractivity contribution is 0.0950. The first-order chi connectivity index (χ1) is 15.1. The highest BCUT2D eigenvalue weighted by Gasteiger charge is 2.12. The zero-order chi connectivity index (χ0) is 21.6. The number of nitrogens with one attached hydrogen (secondary N) is 2. The molecule has 4 aromatic rings. The summed E-state index contributed by atoms with van der Waals surface area (Å²) in [6.45, 7) is 0.636. The molecule has 0 saturated carbocycles. The Hall–Kier alpha value is -3.92. The fourth-order valence-electron chi connectivity index (χ4n) is 2.80. The van der Waals surface area contributed by atoms with Gasteiger partial charge in [-0.2, -0.15) is 0 Å². The van der Waals surface area contributed by atoms with Gasteiger partial charge in [-0.1, -0.05) is 17.7 Å². The fraction of sp³-hybridized carbons (Fsp3) is 0.150. The van der Waals surface area contributed by atoms with Gasteiger partial charge in [-0.3, -0.25) is 4.79 Å². The largest absolute Gasteiger partial charge is 0.378 e. The van der Waals surface area contributed by atoms with E-state index in [4.69, 9.17) is 11.6 Å². The van der Waals surface area contributed by atoms with Gasteiger partial charge in [-0.25, -0.2) is 19.9 Å². The second-order valence-electron chi connectivity index (χ2n) is 6.53. The highest BCUT2D eigenvalue weighted by atomic mass is 35.5. The van der Waals surface area contributed by atoms with Crippen molar-refractivity contribution >= 4 is 23.2 Å². The quantitative estimate of drug-likeness (QED) is 0.453. The van der Waals surface area contributed by atoms with E-state index in [1.165, 1.54) is 18.7 Å². The molecule has 0 saturated heterocycles. The molecule has 156 valence electrons. The van der Waals surface area contributed by atoms with Crippen molar-refractivity contribution in [3.8, 4) is 11.5 Å². The van der Waals surface area contributed by atoms with Crippen molar-refractivity contribution in [1.82, 2.24) is 40.0 Å². The Labute approximate surface area is 182 Å². The molecule has 10 nitrogen and oxygen atoms in total. The number of carbonyl (C=O) groups is 1. The number of hydrogen-bond acceptors (Lipinski definition) is 8. The van der Waals surface area contributed by atoms with Gasteiger partial charge >= 0.3 is 0 Å². The molecule has 0 fully saturated rings. The SMILES string of the molecule is Cn1c(CNc2cccc(C(=O)NCc3ncc(Cl)cn3)c2)nnc1-c1ccncn1. The predicted molar refractivity (Wildman–Crippen MR) is 114 cm³/mol. The van der Waals surface area contributed by atoms with E-state index < -0.39 is 0 Å². The number of rotatable bonds is 7. The molecule has 0 aliphatic heterocycles. The Kier molecular flexibility index (Phi) is 6.08. The maximum atomic E-state index is 12.5. The summed E-state index contributed by atoms with van der Waals surface area (Å²) in [5, 5.41) is 14.9. The number of carbonyl (C=O) groups excluding carboxylic acids is 1. The summed E-state index contributed by atoms with van der Waals surface area (Å²) in [6.07, 6.45) is 6.11. The third-order valence-corrected chi connectivity index (χ3v) is 4.63. The highest BCUT2D eigenvalue weighted by Crippen LogP contribution is 2.16. The number of nitrogens with zero attached hydrogens (tertiary/aromatic N) is 7. The maximum Gasteiger partial charge on any atom is 0.251 e. The van der Waals surface area contributed by atoms with Gasteiger partial charge in [0, 0.05) is 36.9 Å². The lowest BCUT2D eigenvalue weighted by Gasteiger charge is -2.09. The molecule has 0 unspecified atom stereocenters. The minimum absolute atomic E-state index is 0.207. The smallest absolute Gasteiger partial charge is 0.251 e. The Morgan fingerprint density at radius 2 is 1.94 bits per heavy atom. The zero-order valence-corrected chi connectivity index (χ0v) is 17.3. The van der Waals surface area contributed by atoms with Gasteiger partial charge in [0.1, 0.15) is 17.8 Å². The highest BCUT2D eigenvalue weighted by molar-refractivity contribution is 6.30.